The molecule has 6 saturated carbocycles. The van der Waals surface area contributed by atoms with E-state index in [1.165, 1.54) is 17.7 Å². The highest BCUT2D eigenvalue weighted by Crippen LogP contribution is 2.72. The molecule has 0 radical (unpaired) electrons. The third kappa shape index (κ3) is 3.13. The minimum Gasteiger partial charge on any atom is -0.390 e. The van der Waals surface area contributed by atoms with Gasteiger partial charge in [0, 0.05) is 27.9 Å². The SMILES string of the molecule is C[C@]12C=CC(=O)C=C1CC[C@H]1[C@@H]3C[C@H]4O[C@H](c5ccc(CC67CC(N)(C6)C7)cc5)O[C@@]4(C(=O)CO)[C@@]3(C)C[C@H](O)[C@@]12F. The van der Waals surface area contributed by atoms with Crippen LogP contribution in [0.25, 0.3) is 0 Å². The van der Waals surface area contributed by atoms with Crippen molar-refractivity contribution < 1.29 is 33.7 Å². The zero-order valence-corrected chi connectivity index (χ0v) is 24.3. The van der Waals surface area contributed by atoms with E-state index in [4.69, 9.17) is 15.2 Å². The van der Waals surface area contributed by atoms with E-state index in [1.807, 2.05) is 19.1 Å². The highest BCUT2D eigenvalue weighted by atomic mass is 19.1. The Morgan fingerprint density at radius 2 is 1.86 bits per heavy atom. The predicted molar refractivity (Wildman–Crippen MR) is 151 cm³/mol. The van der Waals surface area contributed by atoms with Gasteiger partial charge in [-0.3, -0.25) is 9.59 Å². The van der Waals surface area contributed by atoms with Crippen LogP contribution in [0.1, 0.15) is 76.2 Å². The van der Waals surface area contributed by atoms with Gasteiger partial charge in [0.2, 0.25) is 0 Å². The molecule has 1 heterocycles. The second kappa shape index (κ2) is 8.27. The Hall–Kier alpha value is -2.23. The van der Waals surface area contributed by atoms with E-state index >= 15 is 4.39 Å². The van der Waals surface area contributed by atoms with Crippen LogP contribution in [0, 0.1) is 28.1 Å². The van der Waals surface area contributed by atoms with Crippen LogP contribution in [-0.2, 0) is 25.5 Å². The van der Waals surface area contributed by atoms with Gasteiger partial charge in [-0.2, -0.15) is 0 Å². The first-order valence-corrected chi connectivity index (χ1v) is 15.5. The van der Waals surface area contributed by atoms with Crippen LogP contribution in [0.3, 0.4) is 0 Å². The fourth-order valence-corrected chi connectivity index (χ4v) is 11.2. The van der Waals surface area contributed by atoms with Gasteiger partial charge in [0.1, 0.15) is 6.61 Å². The molecule has 4 N–H and O–H groups in total. The summed E-state index contributed by atoms with van der Waals surface area (Å²) < 4.78 is 30.7. The van der Waals surface area contributed by atoms with Crippen LogP contribution < -0.4 is 5.73 Å². The Balaban J connectivity index is 1.10. The average Bonchev–Trinajstić information content (AvgIpc) is 3.42. The molecule has 1 aromatic rings. The van der Waals surface area contributed by atoms with E-state index in [2.05, 4.69) is 12.1 Å². The van der Waals surface area contributed by atoms with Gasteiger partial charge >= 0.3 is 0 Å². The first kappa shape index (κ1) is 27.3. The maximum Gasteiger partial charge on any atom is 0.193 e. The van der Waals surface area contributed by atoms with Crippen molar-refractivity contribution in [2.75, 3.05) is 6.61 Å². The highest BCUT2D eigenvalue weighted by molar-refractivity contribution is 6.01. The largest absolute Gasteiger partial charge is 0.390 e. The molecule has 1 aromatic carbocycles. The molecule has 42 heavy (non-hydrogen) atoms. The van der Waals surface area contributed by atoms with Crippen molar-refractivity contribution >= 4 is 11.6 Å². The molecule has 0 aromatic heterocycles. The number of fused-ring (bicyclic) bond motifs is 7. The fourth-order valence-electron chi connectivity index (χ4n) is 11.2. The Morgan fingerprint density at radius 3 is 2.52 bits per heavy atom. The number of carbonyl (C=O) groups is 2. The van der Waals surface area contributed by atoms with Crippen molar-refractivity contribution in [3.8, 4) is 0 Å². The van der Waals surface area contributed by atoms with Gasteiger partial charge < -0.3 is 25.4 Å². The summed E-state index contributed by atoms with van der Waals surface area (Å²) in [5, 5.41) is 21.9. The molecule has 8 aliphatic rings. The number of hydrogen-bond acceptors (Lipinski definition) is 7. The predicted octanol–water partition coefficient (Wildman–Crippen LogP) is 3.81. The molecular formula is C34H40FNO6. The zero-order valence-electron chi connectivity index (χ0n) is 24.3. The smallest absolute Gasteiger partial charge is 0.193 e. The standard InChI is InChI=1S/C34H40FNO6/c1-29-10-9-22(38)11-21(29)7-8-23-24-12-27-34(26(40)15-37,30(24,2)14-25(39)33(23,29)35)42-28(41-27)20-5-3-19(4-6-20)13-31-16-32(36,17-31)18-31/h3-6,9-11,23-25,27-28,37,39H,7-8,12-18,36H2,1-2H3/t23-,24-,25-,27+,28-,29-,30-,31?,32?,33-,34+/m0/s1. The first-order valence-electron chi connectivity index (χ1n) is 15.5. The molecule has 7 nitrogen and oxygen atoms in total. The van der Waals surface area contributed by atoms with Gasteiger partial charge in [-0.05, 0) is 87.3 Å². The second-order valence-electron chi connectivity index (χ2n) is 15.2. The number of Topliss-reactive ketones (excluding diaryl/α,β-unsaturated/α-hetero) is 1. The van der Waals surface area contributed by atoms with Crippen LogP contribution in [-0.4, -0.2) is 57.4 Å². The average molecular weight is 578 g/mol. The van der Waals surface area contributed by atoms with Gasteiger partial charge in [-0.25, -0.2) is 4.39 Å². The number of ketones is 2. The Labute approximate surface area is 245 Å². The summed E-state index contributed by atoms with van der Waals surface area (Å²) in [5.74, 6) is -1.54. The summed E-state index contributed by atoms with van der Waals surface area (Å²) in [6.45, 7) is 2.96. The molecule has 7 aliphatic carbocycles. The molecule has 9 rings (SSSR count). The van der Waals surface area contributed by atoms with E-state index in [0.29, 0.717) is 30.3 Å². The molecular weight excluding hydrogens is 537 g/mol. The van der Waals surface area contributed by atoms with Crippen molar-refractivity contribution in [3.05, 3.63) is 59.2 Å². The number of rotatable bonds is 5. The number of carbonyl (C=O) groups excluding carboxylic acids is 2. The Morgan fingerprint density at radius 1 is 1.14 bits per heavy atom. The van der Waals surface area contributed by atoms with Crippen molar-refractivity contribution in [1.29, 1.82) is 0 Å². The van der Waals surface area contributed by atoms with Crippen molar-refractivity contribution in [2.45, 2.75) is 101 Å². The number of aliphatic hydroxyl groups is 2. The number of hydrogen-bond donors (Lipinski definition) is 3. The molecule has 8 heteroatoms. The molecule has 0 unspecified atom stereocenters. The molecule has 0 spiro atoms. The minimum atomic E-state index is -2.01. The van der Waals surface area contributed by atoms with Crippen LogP contribution in [0.4, 0.5) is 4.39 Å². The van der Waals surface area contributed by atoms with Crippen LogP contribution in [0.2, 0.25) is 0 Å². The van der Waals surface area contributed by atoms with Crippen molar-refractivity contribution in [1.82, 2.24) is 0 Å². The number of alkyl halides is 1. The van der Waals surface area contributed by atoms with Gasteiger partial charge in [0.05, 0.1) is 12.2 Å². The maximum atomic E-state index is 17.5. The van der Waals surface area contributed by atoms with Gasteiger partial charge in [0.15, 0.2) is 29.1 Å². The summed E-state index contributed by atoms with van der Waals surface area (Å²) in [5.41, 5.74) is 3.80. The molecule has 9 atom stereocenters. The van der Waals surface area contributed by atoms with E-state index in [0.717, 1.165) is 31.2 Å². The topological polar surface area (TPSA) is 119 Å². The zero-order chi connectivity index (χ0) is 29.5. The lowest BCUT2D eigenvalue weighted by Crippen LogP contribution is -2.72. The van der Waals surface area contributed by atoms with Crippen LogP contribution in [0.15, 0.2) is 48.1 Å². The summed E-state index contributed by atoms with van der Waals surface area (Å²) in [6, 6.07) is 8.14. The van der Waals surface area contributed by atoms with Gasteiger partial charge in [0.25, 0.3) is 0 Å². The summed E-state index contributed by atoms with van der Waals surface area (Å²) in [4.78, 5) is 25.8. The van der Waals surface area contributed by atoms with Crippen LogP contribution >= 0.6 is 0 Å². The van der Waals surface area contributed by atoms with E-state index < -0.39 is 58.9 Å². The second-order valence-corrected chi connectivity index (χ2v) is 15.2. The lowest BCUT2D eigenvalue weighted by atomic mass is 9.38. The lowest BCUT2D eigenvalue weighted by molar-refractivity contribution is -0.231. The van der Waals surface area contributed by atoms with E-state index in [1.54, 1.807) is 13.0 Å². The minimum absolute atomic E-state index is 0.0166. The third-order valence-corrected chi connectivity index (χ3v) is 13.0. The highest BCUT2D eigenvalue weighted by Gasteiger charge is 2.79. The fraction of sp³-hybridized carbons (Fsp3) is 0.647. The number of benzene rings is 1. The van der Waals surface area contributed by atoms with Crippen molar-refractivity contribution in [3.63, 3.8) is 0 Å². The molecule has 0 amide bonds. The number of ether oxygens (including phenoxy) is 2. The number of halogens is 1. The lowest BCUT2D eigenvalue weighted by Gasteiger charge is -2.69. The van der Waals surface area contributed by atoms with E-state index in [9.17, 15) is 19.8 Å². The quantitative estimate of drug-likeness (QED) is 0.487. The summed E-state index contributed by atoms with van der Waals surface area (Å²) in [7, 11) is 0. The number of allylic oxidation sites excluding steroid dienone is 4. The van der Waals surface area contributed by atoms with Crippen LogP contribution in [0.5, 0.6) is 0 Å². The molecule has 2 bridgehead atoms. The third-order valence-electron chi connectivity index (χ3n) is 13.0. The van der Waals surface area contributed by atoms with Gasteiger partial charge in [-0.1, -0.05) is 42.8 Å². The normalized spacial score (nSPS) is 51.4. The number of nitrogens with two attached hydrogens (primary N) is 1. The summed E-state index contributed by atoms with van der Waals surface area (Å²) in [6.07, 6.45) is 7.28. The van der Waals surface area contributed by atoms with E-state index in [-0.39, 0.29) is 23.7 Å². The molecule has 224 valence electrons. The number of aliphatic hydroxyl groups excluding tert-OH is 2. The summed E-state index contributed by atoms with van der Waals surface area (Å²) >= 11 is 0. The monoisotopic (exact) mass is 577 g/mol. The molecule has 1 saturated heterocycles. The van der Waals surface area contributed by atoms with Gasteiger partial charge in [-0.15, -0.1) is 0 Å². The molecule has 1 aliphatic heterocycles. The Kier molecular flexibility index (Phi) is 5.38. The first-order chi connectivity index (χ1) is 19.8. The maximum absolute atomic E-state index is 17.5. The molecule has 7 fully saturated rings. The Bertz CT molecular complexity index is 1430. The van der Waals surface area contributed by atoms with Crippen molar-refractivity contribution in [2.24, 2.45) is 33.8 Å².